The van der Waals surface area contributed by atoms with Gasteiger partial charge in [-0.25, -0.2) is 14.8 Å². The molecule has 0 amide bonds. The van der Waals surface area contributed by atoms with Gasteiger partial charge in [0.15, 0.2) is 5.82 Å². The smallest absolute Gasteiger partial charge is 0.341 e. The highest BCUT2D eigenvalue weighted by Crippen LogP contribution is 2.16. The molecule has 1 rings (SSSR count). The Kier molecular flexibility index (Phi) is 4.31. The van der Waals surface area contributed by atoms with Crippen LogP contribution in [0.2, 0.25) is 0 Å². The summed E-state index contributed by atoms with van der Waals surface area (Å²) in [6.45, 7) is 6.60. The van der Waals surface area contributed by atoms with Crippen molar-refractivity contribution >= 4 is 18.0 Å². The van der Waals surface area contributed by atoms with Crippen LogP contribution < -0.4 is 0 Å². The molecule has 5 heteroatoms. The van der Waals surface area contributed by atoms with Crippen LogP contribution >= 0.6 is 0 Å². The molecule has 0 unspecified atom stereocenters. The van der Waals surface area contributed by atoms with E-state index >= 15 is 0 Å². The van der Waals surface area contributed by atoms with Crippen molar-refractivity contribution in [2.45, 2.75) is 27.7 Å². The molecule has 0 atom stereocenters. The second-order valence-corrected chi connectivity index (χ2v) is 4.86. The van der Waals surface area contributed by atoms with Crippen molar-refractivity contribution in [3.63, 3.8) is 0 Å². The molecule has 0 spiro atoms. The van der Waals surface area contributed by atoms with Gasteiger partial charge in [0.05, 0.1) is 5.41 Å². The Labute approximate surface area is 106 Å². The first-order valence-corrected chi connectivity index (χ1v) is 5.52. The van der Waals surface area contributed by atoms with Gasteiger partial charge in [-0.15, -0.1) is 0 Å². The second-order valence-electron chi connectivity index (χ2n) is 4.86. The Morgan fingerprint density at radius 2 is 1.78 bits per heavy atom. The summed E-state index contributed by atoms with van der Waals surface area (Å²) in [5.74, 6) is -0.841. The summed E-state index contributed by atoms with van der Waals surface area (Å²) in [6, 6.07) is 1.67. The predicted octanol–water partition coefficient (Wildman–Crippen LogP) is 2.00. The lowest BCUT2D eigenvalue weighted by atomic mass is 9.97. The topological polar surface area (TPSA) is 69.2 Å². The second kappa shape index (κ2) is 5.53. The van der Waals surface area contributed by atoms with Crippen molar-refractivity contribution < 1.29 is 14.3 Å². The minimum absolute atomic E-state index is 0.277. The molecule has 0 aliphatic carbocycles. The zero-order chi connectivity index (χ0) is 13.8. The minimum atomic E-state index is -0.709. The Balaban J connectivity index is 2.74. The lowest BCUT2D eigenvalue weighted by Crippen LogP contribution is -2.26. The summed E-state index contributed by atoms with van der Waals surface area (Å²) in [5.41, 5.74) is -0.432. The molecule has 1 aromatic heterocycles. The SMILES string of the molecule is C/C(=C\c1ncccn1)C(=O)OC(=O)C(C)(C)C. The zero-order valence-corrected chi connectivity index (χ0v) is 10.9. The standard InChI is InChI=1S/C13H16N2O3/c1-9(8-10-14-6-5-7-15-10)11(16)18-12(17)13(2,3)4/h5-8H,1-4H3/b9-8+. The van der Waals surface area contributed by atoms with Crippen molar-refractivity contribution in [1.29, 1.82) is 0 Å². The third-order valence-electron chi connectivity index (χ3n) is 2.05. The molecule has 0 bridgehead atoms. The fraction of sp³-hybridized carbons (Fsp3) is 0.385. The number of aromatic nitrogens is 2. The van der Waals surface area contributed by atoms with Crippen LogP contribution in [0.1, 0.15) is 33.5 Å². The Bertz CT molecular complexity index is 473. The van der Waals surface area contributed by atoms with Crippen LogP contribution in [0, 0.1) is 5.41 Å². The van der Waals surface area contributed by atoms with E-state index in [1.54, 1.807) is 46.2 Å². The van der Waals surface area contributed by atoms with E-state index in [-0.39, 0.29) is 5.57 Å². The summed E-state index contributed by atoms with van der Waals surface area (Å²) in [5, 5.41) is 0. The molecule has 0 N–H and O–H groups in total. The monoisotopic (exact) mass is 248 g/mol. The van der Waals surface area contributed by atoms with Crippen molar-refractivity contribution in [3.05, 3.63) is 29.9 Å². The zero-order valence-electron chi connectivity index (χ0n) is 10.9. The number of hydrogen-bond donors (Lipinski definition) is 0. The van der Waals surface area contributed by atoms with E-state index in [9.17, 15) is 9.59 Å². The van der Waals surface area contributed by atoms with E-state index in [0.29, 0.717) is 5.82 Å². The van der Waals surface area contributed by atoms with E-state index in [2.05, 4.69) is 9.97 Å². The Morgan fingerprint density at radius 1 is 1.22 bits per heavy atom. The highest BCUT2D eigenvalue weighted by Gasteiger charge is 2.26. The van der Waals surface area contributed by atoms with Gasteiger partial charge in [0.2, 0.25) is 0 Å². The highest BCUT2D eigenvalue weighted by molar-refractivity contribution is 5.99. The van der Waals surface area contributed by atoms with Crippen LogP contribution in [-0.4, -0.2) is 21.9 Å². The lowest BCUT2D eigenvalue weighted by molar-refractivity contribution is -0.163. The summed E-state index contributed by atoms with van der Waals surface area (Å²) in [6.07, 6.45) is 4.60. The maximum Gasteiger partial charge on any atom is 0.341 e. The molecule has 1 aromatic rings. The molecular formula is C13H16N2O3. The maximum atomic E-state index is 11.6. The summed E-state index contributed by atoms with van der Waals surface area (Å²) in [7, 11) is 0. The minimum Gasteiger partial charge on any atom is -0.389 e. The molecule has 0 aliphatic rings. The number of ether oxygens (including phenoxy) is 1. The third kappa shape index (κ3) is 4.08. The van der Waals surface area contributed by atoms with E-state index in [1.807, 2.05) is 0 Å². The first-order valence-electron chi connectivity index (χ1n) is 5.52. The summed E-state index contributed by atoms with van der Waals surface area (Å²) >= 11 is 0. The number of esters is 2. The average Bonchev–Trinajstić information content (AvgIpc) is 2.28. The third-order valence-corrected chi connectivity index (χ3v) is 2.05. The number of rotatable bonds is 2. The molecule has 0 saturated carbocycles. The van der Waals surface area contributed by atoms with Gasteiger partial charge in [-0.1, -0.05) is 0 Å². The Morgan fingerprint density at radius 3 is 2.28 bits per heavy atom. The molecule has 0 saturated heterocycles. The van der Waals surface area contributed by atoms with Gasteiger partial charge >= 0.3 is 11.9 Å². The maximum absolute atomic E-state index is 11.6. The largest absolute Gasteiger partial charge is 0.389 e. The van der Waals surface area contributed by atoms with E-state index in [0.717, 1.165) is 0 Å². The number of hydrogen-bond acceptors (Lipinski definition) is 5. The molecule has 0 aromatic carbocycles. The average molecular weight is 248 g/mol. The van der Waals surface area contributed by atoms with Crippen molar-refractivity contribution in [1.82, 2.24) is 9.97 Å². The van der Waals surface area contributed by atoms with E-state index in [1.165, 1.54) is 6.08 Å². The summed E-state index contributed by atoms with van der Waals surface area (Å²) < 4.78 is 4.75. The van der Waals surface area contributed by atoms with Crippen molar-refractivity contribution in [2.24, 2.45) is 5.41 Å². The number of carbonyl (C=O) groups excluding carboxylic acids is 2. The Hall–Kier alpha value is -2.04. The van der Waals surface area contributed by atoms with Gasteiger partial charge < -0.3 is 4.74 Å². The van der Waals surface area contributed by atoms with Gasteiger partial charge in [-0.3, -0.25) is 4.79 Å². The molecule has 1 heterocycles. The lowest BCUT2D eigenvalue weighted by Gasteiger charge is -2.15. The first-order chi connectivity index (χ1) is 8.30. The van der Waals surface area contributed by atoms with Crippen LogP contribution in [0.25, 0.3) is 6.08 Å². The molecule has 0 radical (unpaired) electrons. The van der Waals surface area contributed by atoms with Gasteiger partial charge in [0.1, 0.15) is 0 Å². The molecule has 5 nitrogen and oxygen atoms in total. The molecular weight excluding hydrogens is 232 g/mol. The van der Waals surface area contributed by atoms with Crippen molar-refractivity contribution in [2.75, 3.05) is 0 Å². The molecule has 0 aliphatic heterocycles. The fourth-order valence-electron chi connectivity index (χ4n) is 0.956. The highest BCUT2D eigenvalue weighted by atomic mass is 16.6. The predicted molar refractivity (Wildman–Crippen MR) is 66.2 cm³/mol. The van der Waals surface area contributed by atoms with Crippen molar-refractivity contribution in [3.8, 4) is 0 Å². The van der Waals surface area contributed by atoms with Gasteiger partial charge in [-0.05, 0) is 39.8 Å². The molecule has 0 fully saturated rings. The van der Waals surface area contributed by atoms with Gasteiger partial charge in [-0.2, -0.15) is 0 Å². The van der Waals surface area contributed by atoms with Gasteiger partial charge in [0, 0.05) is 18.0 Å². The van der Waals surface area contributed by atoms with E-state index < -0.39 is 17.4 Å². The van der Waals surface area contributed by atoms with E-state index in [4.69, 9.17) is 4.74 Å². The van der Waals surface area contributed by atoms with Gasteiger partial charge in [0.25, 0.3) is 0 Å². The molecule has 18 heavy (non-hydrogen) atoms. The fourth-order valence-corrected chi connectivity index (χ4v) is 0.956. The normalized spacial score (nSPS) is 12.1. The number of carbonyl (C=O) groups is 2. The summed E-state index contributed by atoms with van der Waals surface area (Å²) in [4.78, 5) is 31.1. The van der Waals surface area contributed by atoms with Crippen LogP contribution in [0.5, 0.6) is 0 Å². The number of nitrogens with zero attached hydrogens (tertiary/aromatic N) is 2. The van der Waals surface area contributed by atoms with Crippen LogP contribution in [0.3, 0.4) is 0 Å². The quantitative estimate of drug-likeness (QED) is 0.455. The van der Waals surface area contributed by atoms with Crippen LogP contribution in [-0.2, 0) is 14.3 Å². The molecule has 96 valence electrons. The van der Waals surface area contributed by atoms with Crippen LogP contribution in [0.15, 0.2) is 24.0 Å². The first kappa shape index (κ1) is 14.0. The van der Waals surface area contributed by atoms with Crippen LogP contribution in [0.4, 0.5) is 0 Å².